The quantitative estimate of drug-likeness (QED) is 0.191. The molecule has 0 bridgehead atoms. The van der Waals surface area contributed by atoms with Gasteiger partial charge in [0.25, 0.3) is 0 Å². The predicted molar refractivity (Wildman–Crippen MR) is 153 cm³/mol. The van der Waals surface area contributed by atoms with Crippen molar-refractivity contribution in [2.45, 2.75) is 24.3 Å². The second kappa shape index (κ2) is 10.9. The highest BCUT2D eigenvalue weighted by atomic mass is 32.1. The largest absolute Gasteiger partial charge is 0.773 e. The lowest BCUT2D eigenvalue weighted by molar-refractivity contribution is 0.414. The summed E-state index contributed by atoms with van der Waals surface area (Å²) in [6.45, 7) is 4.68. The molecule has 0 unspecified atom stereocenters. The van der Waals surface area contributed by atoms with E-state index in [4.69, 9.17) is 22.1 Å². The van der Waals surface area contributed by atoms with Crippen molar-refractivity contribution in [1.29, 1.82) is 0 Å². The van der Waals surface area contributed by atoms with Crippen LogP contribution in [0.3, 0.4) is 0 Å². The highest BCUT2D eigenvalue weighted by Crippen LogP contribution is 2.66. The predicted octanol–water partition coefficient (Wildman–Crippen LogP) is 6.57. The van der Waals surface area contributed by atoms with E-state index in [1.54, 1.807) is 14.2 Å². The van der Waals surface area contributed by atoms with Gasteiger partial charge in [-0.25, -0.2) is 0 Å². The first kappa shape index (κ1) is 25.4. The molecule has 35 heavy (non-hydrogen) atoms. The van der Waals surface area contributed by atoms with Crippen LogP contribution < -0.4 is 20.1 Å². The van der Waals surface area contributed by atoms with Crippen LogP contribution in [-0.4, -0.2) is 26.0 Å². The summed E-state index contributed by atoms with van der Waals surface area (Å²) in [5.41, 5.74) is 2.35. The van der Waals surface area contributed by atoms with Crippen molar-refractivity contribution in [3.63, 3.8) is 0 Å². The molecule has 0 aliphatic carbocycles. The molecule has 4 rings (SSSR count). The SMILES string of the molecule is CC[P+](c1ccccc1)(c1ccccc1)[C@H](C)C([S-])(c1ccc(OC)cc1)c1ccc(OC)cc1. The van der Waals surface area contributed by atoms with Gasteiger partial charge in [-0.2, -0.15) is 0 Å². The number of ether oxygens (including phenoxy) is 2. The Morgan fingerprint density at radius 1 is 0.657 bits per heavy atom. The van der Waals surface area contributed by atoms with Crippen molar-refractivity contribution in [1.82, 2.24) is 0 Å². The molecule has 0 radical (unpaired) electrons. The van der Waals surface area contributed by atoms with Crippen molar-refractivity contribution in [2.75, 3.05) is 20.4 Å². The molecule has 1 atom stereocenters. The van der Waals surface area contributed by atoms with Gasteiger partial charge in [0.1, 0.15) is 11.5 Å². The Hall–Kier alpha value is -2.74. The molecule has 0 saturated carbocycles. The molecule has 4 heteroatoms. The van der Waals surface area contributed by atoms with E-state index in [1.165, 1.54) is 10.6 Å². The van der Waals surface area contributed by atoms with Crippen LogP contribution >= 0.6 is 7.26 Å². The molecule has 0 aromatic heterocycles. The van der Waals surface area contributed by atoms with Gasteiger partial charge in [0.05, 0.1) is 43.9 Å². The van der Waals surface area contributed by atoms with Gasteiger partial charge in [0, 0.05) is 0 Å². The van der Waals surface area contributed by atoms with Crippen LogP contribution in [0.2, 0.25) is 0 Å². The van der Waals surface area contributed by atoms with Gasteiger partial charge in [0.2, 0.25) is 0 Å². The van der Waals surface area contributed by atoms with Gasteiger partial charge in [-0.15, -0.1) is 0 Å². The second-order valence-corrected chi connectivity index (χ2v) is 13.5. The third-order valence-corrected chi connectivity index (χ3v) is 13.4. The Kier molecular flexibility index (Phi) is 7.89. The summed E-state index contributed by atoms with van der Waals surface area (Å²) in [7, 11) is 1.46. The topological polar surface area (TPSA) is 18.5 Å². The summed E-state index contributed by atoms with van der Waals surface area (Å²) >= 11 is 6.78. The highest BCUT2D eigenvalue weighted by Gasteiger charge is 2.51. The normalized spacial score (nSPS) is 12.7. The molecule has 2 nitrogen and oxygen atoms in total. The van der Waals surface area contributed by atoms with E-state index < -0.39 is 12.0 Å². The van der Waals surface area contributed by atoms with Crippen LogP contribution in [-0.2, 0) is 17.4 Å². The summed E-state index contributed by atoms with van der Waals surface area (Å²) in [5.74, 6) is 1.66. The summed E-state index contributed by atoms with van der Waals surface area (Å²) in [4.78, 5) is 0. The van der Waals surface area contributed by atoms with Gasteiger partial charge in [-0.1, -0.05) is 76.5 Å². The summed E-state index contributed by atoms with van der Waals surface area (Å²) < 4.78 is 10.3. The van der Waals surface area contributed by atoms with Gasteiger partial charge < -0.3 is 22.1 Å². The number of rotatable bonds is 9. The van der Waals surface area contributed by atoms with Crippen LogP contribution in [0, 0.1) is 0 Å². The zero-order chi connectivity index (χ0) is 24.9. The van der Waals surface area contributed by atoms with Crippen LogP contribution in [0.1, 0.15) is 25.0 Å². The Balaban J connectivity index is 2.00. The lowest BCUT2D eigenvalue weighted by atomic mass is 9.87. The van der Waals surface area contributed by atoms with E-state index in [2.05, 4.69) is 98.8 Å². The molecular formula is C31H33O2PS. The Morgan fingerprint density at radius 2 is 1.03 bits per heavy atom. The second-order valence-electron chi connectivity index (χ2n) is 8.72. The van der Waals surface area contributed by atoms with E-state index in [1.807, 2.05) is 24.3 Å². The van der Waals surface area contributed by atoms with Crippen molar-refractivity contribution >= 4 is 30.5 Å². The zero-order valence-corrected chi connectivity index (χ0v) is 22.6. The smallest absolute Gasteiger partial charge is 0.118 e. The van der Waals surface area contributed by atoms with E-state index >= 15 is 0 Å². The van der Waals surface area contributed by atoms with E-state index in [0.29, 0.717) is 0 Å². The van der Waals surface area contributed by atoms with Crippen molar-refractivity contribution in [2.24, 2.45) is 0 Å². The minimum absolute atomic E-state index is 0.140. The van der Waals surface area contributed by atoms with Crippen LogP contribution in [0.4, 0.5) is 0 Å². The number of hydrogen-bond donors (Lipinski definition) is 0. The number of hydrogen-bond acceptors (Lipinski definition) is 3. The van der Waals surface area contributed by atoms with Gasteiger partial charge in [-0.05, 0) is 62.4 Å². The Labute approximate surface area is 216 Å². The lowest BCUT2D eigenvalue weighted by Crippen LogP contribution is -2.45. The molecule has 180 valence electrons. The van der Waals surface area contributed by atoms with E-state index in [9.17, 15) is 0 Å². The molecule has 0 amide bonds. The average Bonchev–Trinajstić information content (AvgIpc) is 2.94. The van der Waals surface area contributed by atoms with Crippen LogP contribution in [0.15, 0.2) is 109 Å². The monoisotopic (exact) mass is 500 g/mol. The van der Waals surface area contributed by atoms with Crippen molar-refractivity contribution in [3.8, 4) is 11.5 Å². The zero-order valence-electron chi connectivity index (χ0n) is 20.8. The molecule has 0 N–H and O–H groups in total. The number of methoxy groups -OCH3 is 2. The first-order valence-corrected chi connectivity index (χ1v) is 14.4. The van der Waals surface area contributed by atoms with Crippen molar-refractivity contribution < 1.29 is 9.47 Å². The molecule has 0 saturated heterocycles. The van der Waals surface area contributed by atoms with Crippen molar-refractivity contribution in [3.05, 3.63) is 120 Å². The van der Waals surface area contributed by atoms with Gasteiger partial charge >= 0.3 is 0 Å². The van der Waals surface area contributed by atoms with E-state index in [-0.39, 0.29) is 5.66 Å². The summed E-state index contributed by atoms with van der Waals surface area (Å²) in [6, 6.07) is 38.6. The molecule has 0 aliphatic rings. The highest BCUT2D eigenvalue weighted by molar-refractivity contribution is 7.90. The maximum Gasteiger partial charge on any atom is 0.118 e. The first-order chi connectivity index (χ1) is 17.0. The fourth-order valence-electron chi connectivity index (χ4n) is 5.26. The molecule has 0 spiro atoms. The molecule has 0 heterocycles. The first-order valence-electron chi connectivity index (χ1n) is 12.0. The minimum Gasteiger partial charge on any atom is -0.773 e. The third-order valence-electron chi connectivity index (χ3n) is 7.22. The molecule has 4 aromatic rings. The lowest BCUT2D eigenvalue weighted by Gasteiger charge is -2.51. The molecule has 0 fully saturated rings. The summed E-state index contributed by atoms with van der Waals surface area (Å²) in [6.07, 6.45) is 1.02. The third kappa shape index (κ3) is 4.60. The minimum atomic E-state index is -1.93. The Morgan fingerprint density at radius 3 is 1.34 bits per heavy atom. The summed E-state index contributed by atoms with van der Waals surface area (Å²) in [5, 5.41) is 2.77. The molecule has 4 aromatic carbocycles. The van der Waals surface area contributed by atoms with Crippen LogP contribution in [0.25, 0.3) is 0 Å². The molecule has 0 aliphatic heterocycles. The fraction of sp³-hybridized carbons (Fsp3) is 0.226. The fourth-order valence-corrected chi connectivity index (χ4v) is 10.9. The van der Waals surface area contributed by atoms with Gasteiger partial charge in [-0.3, -0.25) is 0 Å². The Bertz CT molecular complexity index is 1120. The van der Waals surface area contributed by atoms with Crippen LogP contribution in [0.5, 0.6) is 11.5 Å². The van der Waals surface area contributed by atoms with E-state index in [0.717, 1.165) is 28.8 Å². The average molecular weight is 501 g/mol. The standard InChI is InChI=1S/C31H33O2PS/c1-5-34(29-12-8-6-9-13-29,30-14-10-7-11-15-30)24(2)31(35,25-16-20-27(32-3)21-17-25)26-18-22-28(33-4)23-19-26/h6-24H,5H2,1-4H3/t24-/m1/s1. The number of benzene rings is 4. The maximum atomic E-state index is 6.78. The maximum absolute atomic E-state index is 6.78. The van der Waals surface area contributed by atoms with Gasteiger partial charge in [0.15, 0.2) is 0 Å². The molecular weight excluding hydrogens is 467 g/mol.